The number of carboxylic acid groups (broad SMARTS) is 1. The molecule has 1 saturated heterocycles. The Labute approximate surface area is 229 Å². The van der Waals surface area contributed by atoms with Crippen LogP contribution in [0, 0.1) is 0 Å². The van der Waals surface area contributed by atoms with Crippen molar-refractivity contribution in [2.75, 3.05) is 18.9 Å². The van der Waals surface area contributed by atoms with Gasteiger partial charge in [0.1, 0.15) is 0 Å². The van der Waals surface area contributed by atoms with Gasteiger partial charge in [0, 0.05) is 43.6 Å². The Hall–Kier alpha value is -3.56. The van der Waals surface area contributed by atoms with Crippen molar-refractivity contribution in [1.29, 1.82) is 0 Å². The van der Waals surface area contributed by atoms with Gasteiger partial charge in [-0.15, -0.1) is 0 Å². The third-order valence-electron chi connectivity index (χ3n) is 6.66. The van der Waals surface area contributed by atoms with Crippen molar-refractivity contribution in [3.63, 3.8) is 0 Å². The summed E-state index contributed by atoms with van der Waals surface area (Å²) in [5, 5.41) is 21.1. The number of carboxylic acids is 1. The topological polar surface area (TPSA) is 108 Å². The number of aliphatic hydroxyl groups is 1. The molecule has 1 fully saturated rings. The largest absolute Gasteiger partial charge is 0.481 e. The van der Waals surface area contributed by atoms with Gasteiger partial charge in [-0.1, -0.05) is 66.7 Å². The summed E-state index contributed by atoms with van der Waals surface area (Å²) in [4.78, 5) is 25.3. The maximum Gasteiger partial charge on any atom is 0.303 e. The number of amides is 1. The van der Waals surface area contributed by atoms with Crippen LogP contribution in [-0.2, 0) is 32.2 Å². The molecule has 1 aliphatic heterocycles. The number of carbonyl (C=O) groups excluding carboxylic acids is 1. The van der Waals surface area contributed by atoms with Gasteiger partial charge in [-0.3, -0.25) is 14.5 Å². The van der Waals surface area contributed by atoms with Crippen molar-refractivity contribution < 1.29 is 29.3 Å². The highest BCUT2D eigenvalue weighted by atomic mass is 16.7. The number of aliphatic hydroxyl groups excluding tert-OH is 1. The lowest BCUT2D eigenvalue weighted by atomic mass is 9.99. The number of nitrogens with zero attached hydrogens (tertiary/aromatic N) is 1. The van der Waals surface area contributed by atoms with E-state index >= 15 is 0 Å². The molecule has 1 amide bonds. The first-order valence-corrected chi connectivity index (χ1v) is 13.2. The molecule has 39 heavy (non-hydrogen) atoms. The minimum atomic E-state index is -0.916. The fourth-order valence-electron chi connectivity index (χ4n) is 4.73. The highest BCUT2D eigenvalue weighted by molar-refractivity contribution is 5.90. The molecular formula is C31H36N2O6. The lowest BCUT2D eigenvalue weighted by Gasteiger charge is -2.38. The van der Waals surface area contributed by atoms with Gasteiger partial charge in [-0.05, 0) is 42.3 Å². The SMILES string of the molecule is CN(Cc1ccccc1)C[C@H]1C[C@@H](c2ccc(CO)cc2)O[C@@H](c2cccc(NC(=O)CCCC(=O)O)c2)O1. The molecule has 3 aromatic carbocycles. The van der Waals surface area contributed by atoms with E-state index in [1.807, 2.05) is 60.7 Å². The second-order valence-corrected chi connectivity index (χ2v) is 9.95. The quantitative estimate of drug-likeness (QED) is 0.300. The Morgan fingerprint density at radius 3 is 2.41 bits per heavy atom. The predicted octanol–water partition coefficient (Wildman–Crippen LogP) is 5.05. The number of benzene rings is 3. The summed E-state index contributed by atoms with van der Waals surface area (Å²) in [5.74, 6) is -1.15. The molecule has 0 aliphatic carbocycles. The molecule has 0 saturated carbocycles. The Morgan fingerprint density at radius 2 is 1.69 bits per heavy atom. The minimum absolute atomic E-state index is 0.0146. The fraction of sp³-hybridized carbons (Fsp3) is 0.355. The lowest BCUT2D eigenvalue weighted by Crippen LogP contribution is -2.37. The van der Waals surface area contributed by atoms with Crippen molar-refractivity contribution in [1.82, 2.24) is 4.90 Å². The van der Waals surface area contributed by atoms with Crippen LogP contribution in [0.15, 0.2) is 78.9 Å². The summed E-state index contributed by atoms with van der Waals surface area (Å²) in [6, 6.07) is 25.4. The van der Waals surface area contributed by atoms with Crippen LogP contribution in [0.2, 0.25) is 0 Å². The number of nitrogens with one attached hydrogen (secondary N) is 1. The molecule has 8 nitrogen and oxygen atoms in total. The molecule has 0 radical (unpaired) electrons. The van der Waals surface area contributed by atoms with Crippen molar-refractivity contribution in [3.05, 3.63) is 101 Å². The summed E-state index contributed by atoms with van der Waals surface area (Å²) in [6.07, 6.45) is 0.0983. The summed E-state index contributed by atoms with van der Waals surface area (Å²) in [6.45, 7) is 1.49. The molecule has 0 bridgehead atoms. The van der Waals surface area contributed by atoms with Crippen LogP contribution >= 0.6 is 0 Å². The molecule has 3 aromatic rings. The van der Waals surface area contributed by atoms with Crippen LogP contribution in [-0.4, -0.2) is 46.7 Å². The molecule has 3 N–H and O–H groups in total. The van der Waals surface area contributed by atoms with E-state index in [-0.39, 0.29) is 44.0 Å². The average molecular weight is 533 g/mol. The maximum absolute atomic E-state index is 12.3. The summed E-state index contributed by atoms with van der Waals surface area (Å²) in [5.41, 5.74) is 4.47. The van der Waals surface area contributed by atoms with Crippen LogP contribution in [0.5, 0.6) is 0 Å². The van der Waals surface area contributed by atoms with E-state index in [0.29, 0.717) is 18.7 Å². The summed E-state index contributed by atoms with van der Waals surface area (Å²) >= 11 is 0. The predicted molar refractivity (Wildman–Crippen MR) is 148 cm³/mol. The zero-order valence-corrected chi connectivity index (χ0v) is 22.2. The molecule has 0 unspecified atom stereocenters. The van der Waals surface area contributed by atoms with Gasteiger partial charge >= 0.3 is 5.97 Å². The van der Waals surface area contributed by atoms with Gasteiger partial charge in [0.25, 0.3) is 0 Å². The molecular weight excluding hydrogens is 496 g/mol. The number of hydrogen-bond acceptors (Lipinski definition) is 6. The molecule has 4 rings (SSSR count). The smallest absolute Gasteiger partial charge is 0.303 e. The first kappa shape index (κ1) is 28.4. The van der Waals surface area contributed by atoms with Crippen LogP contribution in [0.25, 0.3) is 0 Å². The number of aliphatic carboxylic acids is 1. The van der Waals surface area contributed by atoms with E-state index in [1.165, 1.54) is 5.56 Å². The van der Waals surface area contributed by atoms with Gasteiger partial charge in [0.15, 0.2) is 6.29 Å². The molecule has 0 spiro atoms. The Balaban J connectivity index is 1.48. The van der Waals surface area contributed by atoms with E-state index in [9.17, 15) is 14.7 Å². The zero-order valence-electron chi connectivity index (χ0n) is 22.2. The zero-order chi connectivity index (χ0) is 27.6. The van der Waals surface area contributed by atoms with Crippen molar-refractivity contribution >= 4 is 17.6 Å². The van der Waals surface area contributed by atoms with E-state index in [1.54, 1.807) is 6.07 Å². The number of likely N-dealkylation sites (N-methyl/N-ethyl adjacent to an activating group) is 1. The second-order valence-electron chi connectivity index (χ2n) is 9.95. The van der Waals surface area contributed by atoms with Crippen LogP contribution in [0.1, 0.15) is 60.3 Å². The van der Waals surface area contributed by atoms with E-state index < -0.39 is 12.3 Å². The first-order chi connectivity index (χ1) is 18.9. The number of hydrogen-bond donors (Lipinski definition) is 3. The van der Waals surface area contributed by atoms with E-state index in [2.05, 4.69) is 29.4 Å². The van der Waals surface area contributed by atoms with Crippen LogP contribution in [0.4, 0.5) is 5.69 Å². The highest BCUT2D eigenvalue weighted by Crippen LogP contribution is 2.38. The van der Waals surface area contributed by atoms with Crippen LogP contribution < -0.4 is 5.32 Å². The second kappa shape index (κ2) is 14.0. The van der Waals surface area contributed by atoms with Crippen molar-refractivity contribution in [2.45, 2.75) is 57.3 Å². The molecule has 0 aromatic heterocycles. The monoisotopic (exact) mass is 532 g/mol. The Kier molecular flexibility index (Phi) is 10.2. The van der Waals surface area contributed by atoms with Crippen LogP contribution in [0.3, 0.4) is 0 Å². The molecule has 1 aliphatic rings. The van der Waals surface area contributed by atoms with E-state index in [0.717, 1.165) is 23.2 Å². The number of rotatable bonds is 12. The minimum Gasteiger partial charge on any atom is -0.481 e. The Morgan fingerprint density at radius 1 is 0.923 bits per heavy atom. The fourth-order valence-corrected chi connectivity index (χ4v) is 4.73. The number of carbonyl (C=O) groups is 2. The van der Waals surface area contributed by atoms with Crippen molar-refractivity contribution in [3.8, 4) is 0 Å². The molecule has 1 heterocycles. The molecule has 3 atom stereocenters. The molecule has 8 heteroatoms. The highest BCUT2D eigenvalue weighted by Gasteiger charge is 2.33. The van der Waals surface area contributed by atoms with Crippen molar-refractivity contribution in [2.24, 2.45) is 0 Å². The summed E-state index contributed by atoms with van der Waals surface area (Å²) < 4.78 is 12.9. The van der Waals surface area contributed by atoms with Gasteiger partial charge in [0.2, 0.25) is 5.91 Å². The van der Waals surface area contributed by atoms with Gasteiger partial charge in [0.05, 0.1) is 18.8 Å². The normalized spacial score (nSPS) is 19.1. The average Bonchev–Trinajstić information content (AvgIpc) is 2.93. The first-order valence-electron chi connectivity index (χ1n) is 13.2. The van der Waals surface area contributed by atoms with Gasteiger partial charge in [-0.2, -0.15) is 0 Å². The molecule has 206 valence electrons. The lowest BCUT2D eigenvalue weighted by molar-refractivity contribution is -0.252. The third kappa shape index (κ3) is 8.73. The maximum atomic E-state index is 12.3. The Bertz CT molecular complexity index is 1220. The number of ether oxygens (including phenoxy) is 2. The van der Waals surface area contributed by atoms with Gasteiger partial charge < -0.3 is 25.0 Å². The number of anilines is 1. The summed E-state index contributed by atoms with van der Waals surface area (Å²) in [7, 11) is 2.08. The third-order valence-corrected chi connectivity index (χ3v) is 6.66. The van der Waals surface area contributed by atoms with Gasteiger partial charge in [-0.25, -0.2) is 0 Å². The standard InChI is InChI=1S/C31H36N2O6/c1-33(19-22-7-3-2-4-8-22)20-27-18-28(24-15-13-23(21-34)14-16-24)39-31(38-27)25-9-5-10-26(17-25)32-29(35)11-6-12-30(36)37/h2-5,7-10,13-17,27-28,31,34H,6,11-12,18-21H2,1H3,(H,32,35)(H,36,37)/t27-,28+,31+/m1/s1. The van der Waals surface area contributed by atoms with E-state index in [4.69, 9.17) is 14.6 Å².